The highest BCUT2D eigenvalue weighted by molar-refractivity contribution is 14.0. The predicted octanol–water partition coefficient (Wildman–Crippen LogP) is 3.29. The van der Waals surface area contributed by atoms with Gasteiger partial charge in [-0.25, -0.2) is 0 Å². The largest absolute Gasteiger partial charge is 0.381 e. The Hall–Kier alpha value is -0.830. The van der Waals surface area contributed by atoms with Gasteiger partial charge in [0.1, 0.15) is 0 Å². The second-order valence-corrected chi connectivity index (χ2v) is 5.54. The lowest BCUT2D eigenvalue weighted by atomic mass is 10.1. The molecule has 1 aromatic rings. The molecule has 0 spiro atoms. The molecule has 6 nitrogen and oxygen atoms in total. The van der Waals surface area contributed by atoms with Crippen LogP contribution >= 0.6 is 24.0 Å². The summed E-state index contributed by atoms with van der Waals surface area (Å²) >= 11 is 0. The van der Waals surface area contributed by atoms with Crippen LogP contribution in [0, 0.1) is 0 Å². The molecule has 0 saturated carbocycles. The van der Waals surface area contributed by atoms with E-state index in [4.69, 9.17) is 9.26 Å². The van der Waals surface area contributed by atoms with E-state index < -0.39 is 0 Å². The molecule has 0 aliphatic rings. The second-order valence-electron chi connectivity index (χ2n) is 5.54. The van der Waals surface area contributed by atoms with Crippen molar-refractivity contribution < 1.29 is 9.26 Å². The maximum atomic E-state index is 5.52. The minimum Gasteiger partial charge on any atom is -0.381 e. The summed E-state index contributed by atoms with van der Waals surface area (Å²) in [5.74, 6) is 1.95. The zero-order valence-corrected chi connectivity index (χ0v) is 17.1. The Morgan fingerprint density at radius 1 is 1.30 bits per heavy atom. The Morgan fingerprint density at radius 3 is 2.65 bits per heavy atom. The third kappa shape index (κ3) is 9.80. The third-order valence-electron chi connectivity index (χ3n) is 3.22. The average molecular weight is 438 g/mol. The lowest BCUT2D eigenvalue weighted by Gasteiger charge is -2.10. The molecule has 23 heavy (non-hydrogen) atoms. The molecule has 1 aromatic heterocycles. The van der Waals surface area contributed by atoms with Gasteiger partial charge in [0, 0.05) is 32.9 Å². The van der Waals surface area contributed by atoms with Gasteiger partial charge >= 0.3 is 0 Å². The topological polar surface area (TPSA) is 71.7 Å². The maximum Gasteiger partial charge on any atom is 0.191 e. The van der Waals surface area contributed by atoms with Gasteiger partial charge in [-0.3, -0.25) is 4.99 Å². The van der Waals surface area contributed by atoms with Gasteiger partial charge in [-0.1, -0.05) is 32.3 Å². The molecule has 0 fully saturated rings. The van der Waals surface area contributed by atoms with E-state index in [9.17, 15) is 0 Å². The lowest BCUT2D eigenvalue weighted by molar-refractivity contribution is 0.129. The summed E-state index contributed by atoms with van der Waals surface area (Å²) in [6, 6.07) is 1.98. The summed E-state index contributed by atoms with van der Waals surface area (Å²) in [6.45, 7) is 9.40. The van der Waals surface area contributed by atoms with Crippen LogP contribution in [0.3, 0.4) is 0 Å². The van der Waals surface area contributed by atoms with Crippen LogP contribution in [0.15, 0.2) is 15.6 Å². The molecule has 1 rings (SSSR count). The quantitative estimate of drug-likeness (QED) is 0.254. The van der Waals surface area contributed by atoms with Crippen LogP contribution in [0.4, 0.5) is 0 Å². The number of ether oxygens (including phenoxy) is 1. The molecule has 0 radical (unpaired) electrons. The van der Waals surface area contributed by atoms with Gasteiger partial charge in [0.15, 0.2) is 11.7 Å². The molecular weight excluding hydrogens is 407 g/mol. The van der Waals surface area contributed by atoms with Gasteiger partial charge in [0.25, 0.3) is 0 Å². The van der Waals surface area contributed by atoms with Crippen LogP contribution in [0.2, 0.25) is 0 Å². The summed E-state index contributed by atoms with van der Waals surface area (Å²) in [7, 11) is 1.76. The van der Waals surface area contributed by atoms with Crippen LogP contribution in [-0.4, -0.2) is 37.9 Å². The minimum atomic E-state index is 0. The van der Waals surface area contributed by atoms with E-state index in [-0.39, 0.29) is 24.0 Å². The van der Waals surface area contributed by atoms with E-state index in [0.717, 1.165) is 50.0 Å². The van der Waals surface area contributed by atoms with Crippen molar-refractivity contribution in [1.82, 2.24) is 15.8 Å². The Bertz CT molecular complexity index is 435. The summed E-state index contributed by atoms with van der Waals surface area (Å²) in [5, 5.41) is 10.5. The molecule has 0 bridgehead atoms. The lowest BCUT2D eigenvalue weighted by Crippen LogP contribution is -2.37. The number of guanidine groups is 1. The van der Waals surface area contributed by atoms with E-state index in [1.807, 2.05) is 6.07 Å². The minimum absolute atomic E-state index is 0. The molecular formula is C16H31IN4O2. The number of hydrogen-bond acceptors (Lipinski definition) is 4. The molecule has 0 unspecified atom stereocenters. The van der Waals surface area contributed by atoms with Crippen LogP contribution in [0.5, 0.6) is 0 Å². The highest BCUT2D eigenvalue weighted by Crippen LogP contribution is 2.13. The second kappa shape index (κ2) is 13.6. The molecule has 0 aliphatic heterocycles. The number of nitrogens with one attached hydrogen (secondary N) is 2. The molecule has 2 N–H and O–H groups in total. The Labute approximate surface area is 156 Å². The Morgan fingerprint density at radius 2 is 2.04 bits per heavy atom. The fourth-order valence-corrected chi connectivity index (χ4v) is 1.81. The molecule has 0 saturated heterocycles. The van der Waals surface area contributed by atoms with E-state index in [1.54, 1.807) is 7.05 Å². The van der Waals surface area contributed by atoms with Crippen molar-refractivity contribution in [2.45, 2.75) is 52.5 Å². The summed E-state index contributed by atoms with van der Waals surface area (Å²) in [6.07, 6.45) is 3.27. The first-order chi connectivity index (χ1) is 10.7. The zero-order valence-electron chi connectivity index (χ0n) is 14.7. The van der Waals surface area contributed by atoms with E-state index in [1.165, 1.54) is 6.42 Å². The highest BCUT2D eigenvalue weighted by Gasteiger charge is 2.07. The van der Waals surface area contributed by atoms with Gasteiger partial charge in [0.2, 0.25) is 0 Å². The number of halogens is 1. The maximum absolute atomic E-state index is 5.52. The van der Waals surface area contributed by atoms with Crippen molar-refractivity contribution in [2.75, 3.05) is 26.8 Å². The van der Waals surface area contributed by atoms with Crippen molar-refractivity contribution in [3.63, 3.8) is 0 Å². The SMILES string of the molecule is CCCCOCCCNC(=NC)NCc1cc(C(C)C)no1.I. The van der Waals surface area contributed by atoms with E-state index in [2.05, 4.69) is 41.6 Å². The highest BCUT2D eigenvalue weighted by atomic mass is 127. The molecule has 1 heterocycles. The molecule has 0 aliphatic carbocycles. The van der Waals surface area contributed by atoms with Gasteiger partial charge in [-0.15, -0.1) is 24.0 Å². The molecule has 7 heteroatoms. The van der Waals surface area contributed by atoms with Gasteiger partial charge in [0.05, 0.1) is 12.2 Å². The number of nitrogens with zero attached hydrogens (tertiary/aromatic N) is 2. The van der Waals surface area contributed by atoms with E-state index in [0.29, 0.717) is 12.5 Å². The van der Waals surface area contributed by atoms with Crippen molar-refractivity contribution in [3.8, 4) is 0 Å². The number of aliphatic imine (C=N–C) groups is 1. The van der Waals surface area contributed by atoms with Gasteiger partial charge in [-0.05, 0) is 18.8 Å². The first-order valence-corrected chi connectivity index (χ1v) is 8.15. The summed E-state index contributed by atoms with van der Waals surface area (Å²) in [5.41, 5.74) is 0.976. The number of unbranched alkanes of at least 4 members (excludes halogenated alkanes) is 1. The van der Waals surface area contributed by atoms with Crippen molar-refractivity contribution in [1.29, 1.82) is 0 Å². The fraction of sp³-hybridized carbons (Fsp3) is 0.750. The third-order valence-corrected chi connectivity index (χ3v) is 3.22. The fourth-order valence-electron chi connectivity index (χ4n) is 1.81. The monoisotopic (exact) mass is 438 g/mol. The normalized spacial score (nSPS) is 11.4. The van der Waals surface area contributed by atoms with Crippen LogP contribution in [-0.2, 0) is 11.3 Å². The van der Waals surface area contributed by atoms with Crippen molar-refractivity contribution >= 4 is 29.9 Å². The first-order valence-electron chi connectivity index (χ1n) is 8.15. The van der Waals surface area contributed by atoms with Crippen LogP contribution in [0.25, 0.3) is 0 Å². The standard InChI is InChI=1S/C16H30N4O2.HI/c1-5-6-9-21-10-7-8-18-16(17-4)19-12-14-11-15(13(2)3)20-22-14;/h11,13H,5-10,12H2,1-4H3,(H2,17,18,19);1H. The average Bonchev–Trinajstić information content (AvgIpc) is 2.98. The molecule has 0 amide bonds. The van der Waals surface area contributed by atoms with Crippen molar-refractivity contribution in [2.24, 2.45) is 4.99 Å². The Balaban J connectivity index is 0.00000484. The number of hydrogen-bond donors (Lipinski definition) is 2. The summed E-state index contributed by atoms with van der Waals surface area (Å²) < 4.78 is 10.8. The Kier molecular flexibility index (Phi) is 13.1. The molecule has 0 aromatic carbocycles. The van der Waals surface area contributed by atoms with E-state index >= 15 is 0 Å². The first kappa shape index (κ1) is 22.2. The van der Waals surface area contributed by atoms with Crippen LogP contribution < -0.4 is 10.6 Å². The molecule has 0 atom stereocenters. The summed E-state index contributed by atoms with van der Waals surface area (Å²) in [4.78, 5) is 4.18. The van der Waals surface area contributed by atoms with Gasteiger partial charge in [-0.2, -0.15) is 0 Å². The predicted molar refractivity (Wildman–Crippen MR) is 105 cm³/mol. The molecule has 134 valence electrons. The van der Waals surface area contributed by atoms with Crippen LogP contribution in [0.1, 0.15) is 57.4 Å². The van der Waals surface area contributed by atoms with Gasteiger partial charge < -0.3 is 19.9 Å². The van der Waals surface area contributed by atoms with Crippen molar-refractivity contribution in [3.05, 3.63) is 17.5 Å². The number of rotatable bonds is 10. The smallest absolute Gasteiger partial charge is 0.191 e. The zero-order chi connectivity index (χ0) is 16.2. The number of aromatic nitrogens is 1.